The van der Waals surface area contributed by atoms with Crippen LogP contribution in [0.4, 0.5) is 0 Å². The third-order valence-electron chi connectivity index (χ3n) is 2.88. The molecule has 0 radical (unpaired) electrons. The number of carbonyl (C=O) groups is 2. The highest BCUT2D eigenvalue weighted by molar-refractivity contribution is 5.82. The molecule has 0 aliphatic carbocycles. The molecule has 0 saturated carbocycles. The maximum absolute atomic E-state index is 11.7. The summed E-state index contributed by atoms with van der Waals surface area (Å²) in [6.45, 7) is 2.93. The topological polar surface area (TPSA) is 64.6 Å². The summed E-state index contributed by atoms with van der Waals surface area (Å²) in [5.74, 6) is -0.547. The number of hydrogen-bond donors (Lipinski definition) is 1. The first-order chi connectivity index (χ1) is 7.64. The third-order valence-corrected chi connectivity index (χ3v) is 2.88. The predicted octanol–water partition coefficient (Wildman–Crippen LogP) is 0.625. The van der Waals surface area contributed by atoms with Gasteiger partial charge in [0.1, 0.15) is 5.54 Å². The number of methoxy groups -OCH3 is 1. The van der Waals surface area contributed by atoms with Gasteiger partial charge in [0.25, 0.3) is 0 Å². The summed E-state index contributed by atoms with van der Waals surface area (Å²) in [7, 11) is 1.37. The van der Waals surface area contributed by atoms with Crippen molar-refractivity contribution in [1.29, 1.82) is 0 Å². The van der Waals surface area contributed by atoms with Gasteiger partial charge in [-0.15, -0.1) is 0 Å². The Hall–Kier alpha value is -1.10. The lowest BCUT2D eigenvalue weighted by molar-refractivity contribution is -0.149. The Kier molecular flexibility index (Phi) is 4.73. The van der Waals surface area contributed by atoms with Crippen LogP contribution in [-0.4, -0.2) is 37.7 Å². The number of rotatable bonds is 5. The molecule has 1 heterocycles. The maximum atomic E-state index is 11.7. The van der Waals surface area contributed by atoms with E-state index in [1.807, 2.05) is 0 Å². The summed E-state index contributed by atoms with van der Waals surface area (Å²) < 4.78 is 9.62. The second kappa shape index (κ2) is 5.84. The zero-order valence-corrected chi connectivity index (χ0v) is 9.88. The Morgan fingerprint density at radius 1 is 1.44 bits per heavy atom. The van der Waals surface area contributed by atoms with Crippen molar-refractivity contribution < 1.29 is 19.1 Å². The maximum Gasteiger partial charge on any atom is 0.326 e. The quantitative estimate of drug-likeness (QED) is 0.700. The van der Waals surface area contributed by atoms with Crippen LogP contribution in [-0.2, 0) is 19.1 Å². The molecule has 5 nitrogen and oxygen atoms in total. The van der Waals surface area contributed by atoms with Crippen molar-refractivity contribution in [2.24, 2.45) is 0 Å². The van der Waals surface area contributed by atoms with E-state index in [4.69, 9.17) is 9.47 Å². The van der Waals surface area contributed by atoms with Gasteiger partial charge < -0.3 is 14.8 Å². The molecule has 1 aliphatic heterocycles. The highest BCUT2D eigenvalue weighted by Crippen LogP contribution is 2.26. The Balaban J connectivity index is 2.52. The molecule has 1 atom stereocenters. The fraction of sp³-hybridized carbons (Fsp3) is 0.818. The minimum atomic E-state index is -0.679. The summed E-state index contributed by atoms with van der Waals surface area (Å²) in [6.07, 6.45) is 2.34. The van der Waals surface area contributed by atoms with Gasteiger partial charge >= 0.3 is 11.9 Å². The molecule has 1 rings (SSSR count). The summed E-state index contributed by atoms with van der Waals surface area (Å²) in [6, 6.07) is 0. The first-order valence-electron chi connectivity index (χ1n) is 5.63. The van der Waals surface area contributed by atoms with Crippen molar-refractivity contribution in [2.75, 3.05) is 20.3 Å². The van der Waals surface area contributed by atoms with Gasteiger partial charge in [0.2, 0.25) is 0 Å². The first kappa shape index (κ1) is 13.0. The van der Waals surface area contributed by atoms with Crippen LogP contribution in [0, 0.1) is 0 Å². The molecule has 92 valence electrons. The molecule has 1 saturated heterocycles. The van der Waals surface area contributed by atoms with Gasteiger partial charge in [0.15, 0.2) is 0 Å². The minimum Gasteiger partial charge on any atom is -0.468 e. The fourth-order valence-electron chi connectivity index (χ4n) is 2.04. The Morgan fingerprint density at radius 2 is 2.19 bits per heavy atom. The van der Waals surface area contributed by atoms with Crippen LogP contribution in [0.1, 0.15) is 32.6 Å². The van der Waals surface area contributed by atoms with Gasteiger partial charge in [-0.05, 0) is 32.7 Å². The van der Waals surface area contributed by atoms with Crippen LogP contribution in [0.25, 0.3) is 0 Å². The number of carbonyl (C=O) groups excluding carboxylic acids is 2. The van der Waals surface area contributed by atoms with E-state index in [9.17, 15) is 9.59 Å². The van der Waals surface area contributed by atoms with E-state index in [2.05, 4.69) is 5.32 Å². The van der Waals surface area contributed by atoms with Crippen LogP contribution in [0.3, 0.4) is 0 Å². The van der Waals surface area contributed by atoms with Gasteiger partial charge in [0.05, 0.1) is 13.7 Å². The minimum absolute atomic E-state index is 0.246. The normalized spacial score (nSPS) is 24.1. The molecule has 0 aromatic heterocycles. The van der Waals surface area contributed by atoms with Crippen LogP contribution in [0.2, 0.25) is 0 Å². The van der Waals surface area contributed by atoms with Crippen molar-refractivity contribution in [1.82, 2.24) is 5.32 Å². The monoisotopic (exact) mass is 229 g/mol. The van der Waals surface area contributed by atoms with E-state index in [0.717, 1.165) is 19.4 Å². The van der Waals surface area contributed by atoms with E-state index < -0.39 is 5.54 Å². The lowest BCUT2D eigenvalue weighted by Crippen LogP contribution is -2.48. The summed E-state index contributed by atoms with van der Waals surface area (Å²) >= 11 is 0. The molecule has 0 aromatic rings. The van der Waals surface area contributed by atoms with Gasteiger partial charge in [-0.1, -0.05) is 0 Å². The van der Waals surface area contributed by atoms with Crippen LogP contribution >= 0.6 is 0 Å². The average Bonchev–Trinajstić information content (AvgIpc) is 2.76. The van der Waals surface area contributed by atoms with E-state index in [1.54, 1.807) is 6.92 Å². The zero-order valence-electron chi connectivity index (χ0n) is 9.88. The average molecular weight is 229 g/mol. The highest BCUT2D eigenvalue weighted by atomic mass is 16.5. The van der Waals surface area contributed by atoms with Crippen molar-refractivity contribution >= 4 is 11.9 Å². The number of hydrogen-bond acceptors (Lipinski definition) is 5. The van der Waals surface area contributed by atoms with Crippen LogP contribution in [0.5, 0.6) is 0 Å². The Labute approximate surface area is 95.5 Å². The molecule has 1 fully saturated rings. The Morgan fingerprint density at radius 3 is 2.69 bits per heavy atom. The molecule has 5 heteroatoms. The van der Waals surface area contributed by atoms with E-state index in [-0.39, 0.29) is 18.4 Å². The van der Waals surface area contributed by atoms with E-state index in [0.29, 0.717) is 13.0 Å². The van der Waals surface area contributed by atoms with Gasteiger partial charge in [-0.2, -0.15) is 0 Å². The second-order valence-corrected chi connectivity index (χ2v) is 3.91. The van der Waals surface area contributed by atoms with E-state index in [1.165, 1.54) is 7.11 Å². The van der Waals surface area contributed by atoms with Gasteiger partial charge in [-0.25, -0.2) is 0 Å². The summed E-state index contributed by atoms with van der Waals surface area (Å²) in [5.41, 5.74) is -0.679. The summed E-state index contributed by atoms with van der Waals surface area (Å²) in [4.78, 5) is 22.9. The standard InChI is InChI=1S/C11H19NO4/c1-3-16-9(13)5-7-11(10(14)15-2)6-4-8-12-11/h12H,3-8H2,1-2H3. The summed E-state index contributed by atoms with van der Waals surface area (Å²) in [5, 5.41) is 3.14. The first-order valence-corrected chi connectivity index (χ1v) is 5.63. The van der Waals surface area contributed by atoms with Crippen molar-refractivity contribution in [2.45, 2.75) is 38.1 Å². The molecule has 16 heavy (non-hydrogen) atoms. The molecule has 1 N–H and O–H groups in total. The molecule has 0 bridgehead atoms. The fourth-order valence-corrected chi connectivity index (χ4v) is 2.04. The van der Waals surface area contributed by atoms with Crippen LogP contribution < -0.4 is 5.32 Å². The smallest absolute Gasteiger partial charge is 0.326 e. The predicted molar refractivity (Wildman–Crippen MR) is 57.9 cm³/mol. The molecule has 0 spiro atoms. The van der Waals surface area contributed by atoms with Crippen molar-refractivity contribution in [3.05, 3.63) is 0 Å². The number of esters is 2. The number of nitrogens with one attached hydrogen (secondary N) is 1. The molecular formula is C11H19NO4. The lowest BCUT2D eigenvalue weighted by Gasteiger charge is -2.25. The molecule has 1 aliphatic rings. The third kappa shape index (κ3) is 2.95. The van der Waals surface area contributed by atoms with Crippen LogP contribution in [0.15, 0.2) is 0 Å². The lowest BCUT2D eigenvalue weighted by atomic mass is 9.92. The van der Waals surface area contributed by atoms with E-state index >= 15 is 0 Å². The SMILES string of the molecule is CCOC(=O)CCC1(C(=O)OC)CCCN1. The zero-order chi connectivity index (χ0) is 12.0. The highest BCUT2D eigenvalue weighted by Gasteiger charge is 2.42. The molecular weight excluding hydrogens is 210 g/mol. The Bertz CT molecular complexity index is 259. The molecule has 0 aromatic carbocycles. The molecule has 1 unspecified atom stereocenters. The van der Waals surface area contributed by atoms with Crippen molar-refractivity contribution in [3.8, 4) is 0 Å². The second-order valence-electron chi connectivity index (χ2n) is 3.91. The number of ether oxygens (including phenoxy) is 2. The molecule has 0 amide bonds. The van der Waals surface area contributed by atoms with Crippen molar-refractivity contribution in [3.63, 3.8) is 0 Å². The van der Waals surface area contributed by atoms with Gasteiger partial charge in [0, 0.05) is 6.42 Å². The van der Waals surface area contributed by atoms with Gasteiger partial charge in [-0.3, -0.25) is 9.59 Å². The largest absolute Gasteiger partial charge is 0.468 e.